The zero-order chi connectivity index (χ0) is 14.3. The highest BCUT2D eigenvalue weighted by Crippen LogP contribution is 2.25. The minimum absolute atomic E-state index is 0.00675. The van der Waals surface area contributed by atoms with E-state index in [0.29, 0.717) is 12.6 Å². The van der Waals surface area contributed by atoms with Gasteiger partial charge in [0.05, 0.1) is 12.5 Å². The molecule has 1 rings (SSSR count). The first-order valence-corrected chi connectivity index (χ1v) is 7.95. The lowest BCUT2D eigenvalue weighted by molar-refractivity contribution is -0.148. The van der Waals surface area contributed by atoms with E-state index in [1.54, 1.807) is 0 Å². The van der Waals surface area contributed by atoms with E-state index < -0.39 is 0 Å². The summed E-state index contributed by atoms with van der Waals surface area (Å²) in [7, 11) is 0. The van der Waals surface area contributed by atoms with Crippen LogP contribution in [0.4, 0.5) is 0 Å². The van der Waals surface area contributed by atoms with Crippen LogP contribution in [0.2, 0.25) is 0 Å². The van der Waals surface area contributed by atoms with Gasteiger partial charge in [0, 0.05) is 12.6 Å². The molecule has 0 bridgehead atoms. The molecule has 1 unspecified atom stereocenters. The van der Waals surface area contributed by atoms with Crippen molar-refractivity contribution in [3.63, 3.8) is 0 Å². The monoisotopic (exact) mass is 269 g/mol. The second-order valence-corrected chi connectivity index (χ2v) is 6.27. The fourth-order valence-electron chi connectivity index (χ4n) is 2.83. The Kier molecular flexibility index (Phi) is 7.44. The van der Waals surface area contributed by atoms with Gasteiger partial charge in [0.15, 0.2) is 0 Å². The summed E-state index contributed by atoms with van der Waals surface area (Å²) < 4.78 is 5.13. The van der Waals surface area contributed by atoms with Gasteiger partial charge in [-0.2, -0.15) is 0 Å². The number of ether oxygens (including phenoxy) is 1. The van der Waals surface area contributed by atoms with Crippen molar-refractivity contribution < 1.29 is 9.53 Å². The lowest BCUT2D eigenvalue weighted by Crippen LogP contribution is -2.40. The van der Waals surface area contributed by atoms with Gasteiger partial charge in [-0.25, -0.2) is 0 Å². The zero-order valence-corrected chi connectivity index (χ0v) is 13.2. The molecular formula is C16H31NO2. The fourth-order valence-corrected chi connectivity index (χ4v) is 2.83. The second-order valence-electron chi connectivity index (χ2n) is 6.27. The molecule has 3 nitrogen and oxygen atoms in total. The molecule has 0 aromatic heterocycles. The highest BCUT2D eigenvalue weighted by atomic mass is 16.5. The van der Waals surface area contributed by atoms with E-state index in [2.05, 4.69) is 18.7 Å². The summed E-state index contributed by atoms with van der Waals surface area (Å²) in [5.41, 5.74) is 0. The molecular weight excluding hydrogens is 238 g/mol. The maximum absolute atomic E-state index is 11.8. The van der Waals surface area contributed by atoms with Crippen LogP contribution in [-0.4, -0.2) is 36.6 Å². The number of nitrogens with zero attached hydrogens (tertiary/aromatic N) is 1. The molecule has 0 spiro atoms. The van der Waals surface area contributed by atoms with Crippen molar-refractivity contribution in [3.05, 3.63) is 0 Å². The van der Waals surface area contributed by atoms with Gasteiger partial charge in [-0.05, 0) is 38.6 Å². The van der Waals surface area contributed by atoms with Crippen molar-refractivity contribution in [2.75, 3.05) is 19.7 Å². The maximum Gasteiger partial charge on any atom is 0.309 e. The Balaban J connectivity index is 2.49. The summed E-state index contributed by atoms with van der Waals surface area (Å²) in [6.07, 6.45) is 6.50. The number of hydrogen-bond acceptors (Lipinski definition) is 3. The highest BCUT2D eigenvalue weighted by Gasteiger charge is 2.26. The summed E-state index contributed by atoms with van der Waals surface area (Å²) in [5.74, 6) is 0.671. The summed E-state index contributed by atoms with van der Waals surface area (Å²) in [5, 5.41) is 0. The minimum atomic E-state index is -0.0463. The van der Waals surface area contributed by atoms with E-state index in [9.17, 15) is 4.79 Å². The molecule has 1 aliphatic carbocycles. The molecule has 0 aliphatic heterocycles. The summed E-state index contributed by atoms with van der Waals surface area (Å²) in [6.45, 7) is 10.9. The number of rotatable bonds is 8. The molecule has 0 heterocycles. The van der Waals surface area contributed by atoms with Crippen molar-refractivity contribution in [2.24, 2.45) is 11.8 Å². The number of hydrogen-bond donors (Lipinski definition) is 0. The molecule has 0 saturated heterocycles. The molecule has 1 fully saturated rings. The second kappa shape index (κ2) is 8.57. The SMILES string of the molecule is CCOC(=O)C(C)CN(CCC(C)C)C1CCCC1. The number of carbonyl (C=O) groups excluding carboxylic acids is 1. The Morgan fingerprint density at radius 3 is 2.42 bits per heavy atom. The van der Waals surface area contributed by atoms with Crippen LogP contribution in [0.3, 0.4) is 0 Å². The van der Waals surface area contributed by atoms with Crippen molar-refractivity contribution in [3.8, 4) is 0 Å². The molecule has 1 aliphatic rings. The topological polar surface area (TPSA) is 29.5 Å². The Morgan fingerprint density at radius 1 is 1.26 bits per heavy atom. The van der Waals surface area contributed by atoms with Crippen LogP contribution in [0, 0.1) is 11.8 Å². The predicted octanol–water partition coefficient (Wildman–Crippen LogP) is 3.48. The van der Waals surface area contributed by atoms with Crippen LogP contribution < -0.4 is 0 Å². The first-order valence-electron chi connectivity index (χ1n) is 7.95. The van der Waals surface area contributed by atoms with Gasteiger partial charge in [0.25, 0.3) is 0 Å². The molecule has 0 amide bonds. The average Bonchev–Trinajstić information content (AvgIpc) is 2.87. The first kappa shape index (κ1) is 16.5. The number of carbonyl (C=O) groups is 1. The van der Waals surface area contributed by atoms with Gasteiger partial charge in [0.2, 0.25) is 0 Å². The Hall–Kier alpha value is -0.570. The molecule has 1 atom stereocenters. The molecule has 3 heteroatoms. The molecule has 19 heavy (non-hydrogen) atoms. The van der Waals surface area contributed by atoms with E-state index in [-0.39, 0.29) is 11.9 Å². The lowest BCUT2D eigenvalue weighted by Gasteiger charge is -2.31. The Morgan fingerprint density at radius 2 is 1.89 bits per heavy atom. The molecule has 0 radical (unpaired) electrons. The van der Waals surface area contributed by atoms with E-state index in [4.69, 9.17) is 4.74 Å². The van der Waals surface area contributed by atoms with Crippen LogP contribution in [-0.2, 0) is 9.53 Å². The zero-order valence-electron chi connectivity index (χ0n) is 13.2. The smallest absolute Gasteiger partial charge is 0.309 e. The van der Waals surface area contributed by atoms with Gasteiger partial charge in [-0.15, -0.1) is 0 Å². The van der Waals surface area contributed by atoms with E-state index in [1.165, 1.54) is 32.1 Å². The minimum Gasteiger partial charge on any atom is -0.466 e. The van der Waals surface area contributed by atoms with Crippen molar-refractivity contribution in [1.82, 2.24) is 4.90 Å². The normalized spacial score (nSPS) is 18.2. The summed E-state index contributed by atoms with van der Waals surface area (Å²) >= 11 is 0. The average molecular weight is 269 g/mol. The summed E-state index contributed by atoms with van der Waals surface area (Å²) in [4.78, 5) is 14.3. The van der Waals surface area contributed by atoms with Gasteiger partial charge in [-0.1, -0.05) is 33.6 Å². The van der Waals surface area contributed by atoms with Crippen LogP contribution in [0.5, 0.6) is 0 Å². The van der Waals surface area contributed by atoms with Crippen LogP contribution in [0.15, 0.2) is 0 Å². The Labute approximate surface area is 118 Å². The third-order valence-corrected chi connectivity index (χ3v) is 4.03. The van der Waals surface area contributed by atoms with Gasteiger partial charge < -0.3 is 4.74 Å². The summed E-state index contributed by atoms with van der Waals surface area (Å²) in [6, 6.07) is 0.690. The number of esters is 1. The van der Waals surface area contributed by atoms with Crippen LogP contribution in [0.25, 0.3) is 0 Å². The predicted molar refractivity (Wildman–Crippen MR) is 79.1 cm³/mol. The van der Waals surface area contributed by atoms with E-state index in [0.717, 1.165) is 19.0 Å². The third kappa shape index (κ3) is 5.94. The maximum atomic E-state index is 11.8. The third-order valence-electron chi connectivity index (χ3n) is 4.03. The molecule has 112 valence electrons. The Bertz CT molecular complexity index is 259. The quantitative estimate of drug-likeness (QED) is 0.632. The van der Waals surface area contributed by atoms with Gasteiger partial charge in [0.1, 0.15) is 0 Å². The molecule has 1 saturated carbocycles. The van der Waals surface area contributed by atoms with Crippen molar-refractivity contribution >= 4 is 5.97 Å². The van der Waals surface area contributed by atoms with Crippen LogP contribution >= 0.6 is 0 Å². The van der Waals surface area contributed by atoms with Crippen molar-refractivity contribution in [1.29, 1.82) is 0 Å². The largest absolute Gasteiger partial charge is 0.466 e. The molecule has 0 aromatic carbocycles. The van der Waals surface area contributed by atoms with Crippen LogP contribution in [0.1, 0.15) is 59.8 Å². The first-order chi connectivity index (χ1) is 9.04. The van der Waals surface area contributed by atoms with Gasteiger partial charge in [-0.3, -0.25) is 9.69 Å². The van der Waals surface area contributed by atoms with Gasteiger partial charge >= 0.3 is 5.97 Å². The highest BCUT2D eigenvalue weighted by molar-refractivity contribution is 5.72. The van der Waals surface area contributed by atoms with Crippen molar-refractivity contribution in [2.45, 2.75) is 65.8 Å². The lowest BCUT2D eigenvalue weighted by atomic mass is 10.1. The standard InChI is InChI=1S/C16H31NO2/c1-5-19-16(18)14(4)12-17(11-10-13(2)3)15-8-6-7-9-15/h13-15H,5-12H2,1-4H3. The fraction of sp³-hybridized carbons (Fsp3) is 0.938. The van der Waals surface area contributed by atoms with E-state index >= 15 is 0 Å². The molecule has 0 N–H and O–H groups in total. The molecule has 0 aromatic rings. The van der Waals surface area contributed by atoms with E-state index in [1.807, 2.05) is 13.8 Å².